The molecule has 2 heterocycles. The number of hydrogen-bond acceptors (Lipinski definition) is 4. The van der Waals surface area contributed by atoms with Gasteiger partial charge in [0.15, 0.2) is 6.29 Å². The summed E-state index contributed by atoms with van der Waals surface area (Å²) in [7, 11) is 0. The van der Waals surface area contributed by atoms with E-state index < -0.39 is 5.60 Å². The SMILES string of the molecule is CC(C)(C)OC(=O)N1CCC2C[C@H]2c2cc(C=O)ncc21. The fourth-order valence-corrected chi connectivity index (χ4v) is 2.94. The van der Waals surface area contributed by atoms with Gasteiger partial charge in [0, 0.05) is 6.54 Å². The number of aldehydes is 1. The van der Waals surface area contributed by atoms with E-state index in [1.165, 1.54) is 0 Å². The Morgan fingerprint density at radius 2 is 2.24 bits per heavy atom. The first-order chi connectivity index (χ1) is 9.89. The number of anilines is 1. The lowest BCUT2D eigenvalue weighted by Gasteiger charge is -2.27. The maximum Gasteiger partial charge on any atom is 0.414 e. The predicted molar refractivity (Wildman–Crippen MR) is 78.7 cm³/mol. The Balaban J connectivity index is 1.95. The van der Waals surface area contributed by atoms with Crippen LogP contribution in [-0.2, 0) is 4.74 Å². The van der Waals surface area contributed by atoms with Crippen LogP contribution in [0, 0.1) is 5.92 Å². The zero-order valence-electron chi connectivity index (χ0n) is 12.6. The summed E-state index contributed by atoms with van der Waals surface area (Å²) in [6, 6.07) is 1.82. The molecule has 1 fully saturated rings. The number of nitrogens with zero attached hydrogens (tertiary/aromatic N) is 2. The van der Waals surface area contributed by atoms with E-state index in [9.17, 15) is 9.59 Å². The summed E-state index contributed by atoms with van der Waals surface area (Å²) in [5, 5.41) is 0. The first-order valence-corrected chi connectivity index (χ1v) is 7.34. The first kappa shape index (κ1) is 14.0. The predicted octanol–water partition coefficient (Wildman–Crippen LogP) is 3.14. The fourth-order valence-electron chi connectivity index (χ4n) is 2.94. The van der Waals surface area contributed by atoms with Crippen LogP contribution in [0.25, 0.3) is 0 Å². The lowest BCUT2D eigenvalue weighted by atomic mass is 10.1. The number of rotatable bonds is 1. The highest BCUT2D eigenvalue weighted by Gasteiger charge is 2.44. The summed E-state index contributed by atoms with van der Waals surface area (Å²) in [5.74, 6) is 1.06. The molecule has 5 nitrogen and oxygen atoms in total. The molecule has 3 rings (SSSR count). The zero-order chi connectivity index (χ0) is 15.2. The second kappa shape index (κ2) is 4.83. The van der Waals surface area contributed by atoms with Gasteiger partial charge in [-0.1, -0.05) is 0 Å². The van der Waals surface area contributed by atoms with Crippen molar-refractivity contribution in [3.05, 3.63) is 23.5 Å². The van der Waals surface area contributed by atoms with Crippen LogP contribution in [0.5, 0.6) is 0 Å². The molecule has 1 amide bonds. The summed E-state index contributed by atoms with van der Waals surface area (Å²) in [4.78, 5) is 29.1. The van der Waals surface area contributed by atoms with Crippen LogP contribution in [0.2, 0.25) is 0 Å². The summed E-state index contributed by atoms with van der Waals surface area (Å²) in [6.07, 6.45) is 4.14. The number of fused-ring (bicyclic) bond motifs is 3. The van der Waals surface area contributed by atoms with Gasteiger partial charge in [0.2, 0.25) is 0 Å². The Kier molecular flexibility index (Phi) is 3.23. The van der Waals surface area contributed by atoms with Gasteiger partial charge in [-0.05, 0) is 57.1 Å². The van der Waals surface area contributed by atoms with E-state index in [4.69, 9.17) is 4.74 Å². The number of pyridine rings is 1. The Hall–Kier alpha value is -1.91. The Morgan fingerprint density at radius 1 is 1.48 bits per heavy atom. The molecule has 1 unspecified atom stereocenters. The molecule has 0 N–H and O–H groups in total. The number of amides is 1. The maximum atomic E-state index is 12.4. The summed E-state index contributed by atoms with van der Waals surface area (Å²) in [6.45, 7) is 6.21. The van der Waals surface area contributed by atoms with Crippen LogP contribution in [0.1, 0.15) is 55.6 Å². The third-order valence-electron chi connectivity index (χ3n) is 4.01. The Morgan fingerprint density at radius 3 is 2.90 bits per heavy atom. The number of aromatic nitrogens is 1. The van der Waals surface area contributed by atoms with Crippen LogP contribution in [0.15, 0.2) is 12.3 Å². The molecule has 0 spiro atoms. The highest BCUT2D eigenvalue weighted by atomic mass is 16.6. The van der Waals surface area contributed by atoms with Crippen molar-refractivity contribution in [2.24, 2.45) is 5.92 Å². The lowest BCUT2D eigenvalue weighted by molar-refractivity contribution is 0.0579. The minimum Gasteiger partial charge on any atom is -0.443 e. The van der Waals surface area contributed by atoms with Gasteiger partial charge in [0.25, 0.3) is 0 Å². The molecule has 1 aromatic rings. The maximum absolute atomic E-state index is 12.4. The normalized spacial score (nSPS) is 23.7. The third-order valence-corrected chi connectivity index (χ3v) is 4.01. The smallest absolute Gasteiger partial charge is 0.414 e. The van der Waals surface area contributed by atoms with Crippen LogP contribution in [-0.4, -0.2) is 29.5 Å². The molecule has 1 aliphatic carbocycles. The van der Waals surface area contributed by atoms with Crippen LogP contribution in [0.4, 0.5) is 10.5 Å². The first-order valence-electron chi connectivity index (χ1n) is 7.34. The van der Waals surface area contributed by atoms with Crippen molar-refractivity contribution in [3.63, 3.8) is 0 Å². The molecule has 21 heavy (non-hydrogen) atoms. The fraction of sp³-hybridized carbons (Fsp3) is 0.562. The van der Waals surface area contributed by atoms with E-state index in [1.807, 2.05) is 26.8 Å². The van der Waals surface area contributed by atoms with Crippen molar-refractivity contribution >= 4 is 18.1 Å². The van der Waals surface area contributed by atoms with Crippen molar-refractivity contribution in [2.45, 2.75) is 45.1 Å². The van der Waals surface area contributed by atoms with Crippen LogP contribution >= 0.6 is 0 Å². The van der Waals surface area contributed by atoms with Crippen molar-refractivity contribution in [1.82, 2.24) is 4.98 Å². The van der Waals surface area contributed by atoms with E-state index in [0.717, 1.165) is 30.4 Å². The van der Waals surface area contributed by atoms with Crippen LogP contribution < -0.4 is 4.90 Å². The van der Waals surface area contributed by atoms with E-state index in [1.54, 1.807) is 11.1 Å². The topological polar surface area (TPSA) is 59.5 Å². The molecular formula is C16H20N2O3. The summed E-state index contributed by atoms with van der Waals surface area (Å²) in [5.41, 5.74) is 1.74. The van der Waals surface area contributed by atoms with Gasteiger partial charge in [-0.3, -0.25) is 14.7 Å². The third kappa shape index (κ3) is 2.77. The van der Waals surface area contributed by atoms with Crippen molar-refractivity contribution in [2.75, 3.05) is 11.4 Å². The Bertz CT molecular complexity index is 592. The van der Waals surface area contributed by atoms with Gasteiger partial charge >= 0.3 is 6.09 Å². The minimum atomic E-state index is -0.525. The van der Waals surface area contributed by atoms with Gasteiger partial charge in [-0.15, -0.1) is 0 Å². The standard InChI is InChI=1S/C16H20N2O3/c1-16(2,3)21-15(20)18-5-4-10-6-12(10)13-7-11(9-19)17-8-14(13)18/h7-10,12H,4-6H2,1-3H3/t10?,12-/m1/s1. The molecule has 112 valence electrons. The molecule has 0 bridgehead atoms. The van der Waals surface area contributed by atoms with Gasteiger partial charge in [-0.2, -0.15) is 0 Å². The molecule has 2 atom stereocenters. The van der Waals surface area contributed by atoms with Gasteiger partial charge in [-0.25, -0.2) is 4.79 Å². The summed E-state index contributed by atoms with van der Waals surface area (Å²) >= 11 is 0. The van der Waals surface area contributed by atoms with E-state index in [2.05, 4.69) is 4.98 Å². The number of carbonyl (C=O) groups is 2. The average molecular weight is 288 g/mol. The van der Waals surface area contributed by atoms with Crippen molar-refractivity contribution < 1.29 is 14.3 Å². The highest BCUT2D eigenvalue weighted by Crippen LogP contribution is 2.54. The number of carbonyl (C=O) groups excluding carboxylic acids is 2. The lowest BCUT2D eigenvalue weighted by Crippen LogP contribution is -2.37. The van der Waals surface area contributed by atoms with Crippen molar-refractivity contribution in [1.29, 1.82) is 0 Å². The van der Waals surface area contributed by atoms with E-state index in [-0.39, 0.29) is 6.09 Å². The molecule has 5 heteroatoms. The molecule has 1 aliphatic heterocycles. The molecule has 0 saturated heterocycles. The molecule has 1 aromatic heterocycles. The molecule has 0 radical (unpaired) electrons. The minimum absolute atomic E-state index is 0.342. The van der Waals surface area contributed by atoms with Gasteiger partial charge in [0.05, 0.1) is 11.9 Å². The largest absolute Gasteiger partial charge is 0.443 e. The van der Waals surface area contributed by atoms with Gasteiger partial charge < -0.3 is 4.74 Å². The summed E-state index contributed by atoms with van der Waals surface area (Å²) < 4.78 is 5.49. The van der Waals surface area contributed by atoms with Gasteiger partial charge in [0.1, 0.15) is 11.3 Å². The molecule has 2 aliphatic rings. The average Bonchev–Trinajstić information content (AvgIpc) is 3.16. The quantitative estimate of drug-likeness (QED) is 0.745. The number of hydrogen-bond donors (Lipinski definition) is 0. The van der Waals surface area contributed by atoms with E-state index in [0.29, 0.717) is 24.1 Å². The Labute approximate surface area is 124 Å². The van der Waals surface area contributed by atoms with Crippen LogP contribution in [0.3, 0.4) is 0 Å². The van der Waals surface area contributed by atoms with Crippen molar-refractivity contribution in [3.8, 4) is 0 Å². The highest BCUT2D eigenvalue weighted by molar-refractivity contribution is 5.90. The number of ether oxygens (including phenoxy) is 1. The second-order valence-electron chi connectivity index (χ2n) is 6.81. The zero-order valence-corrected chi connectivity index (χ0v) is 12.6. The van der Waals surface area contributed by atoms with E-state index >= 15 is 0 Å². The molecular weight excluding hydrogens is 268 g/mol. The second-order valence-corrected chi connectivity index (χ2v) is 6.81. The molecule has 0 aromatic carbocycles. The monoisotopic (exact) mass is 288 g/mol. The molecule has 1 saturated carbocycles.